The number of oxazole rings is 1. The Morgan fingerprint density at radius 2 is 2.16 bits per heavy atom. The van der Waals surface area contributed by atoms with Gasteiger partial charge in [-0.15, -0.1) is 0 Å². The van der Waals surface area contributed by atoms with Crippen LogP contribution in [0.5, 0.6) is 0 Å². The zero-order chi connectivity index (χ0) is 13.2. The molecule has 0 radical (unpaired) electrons. The van der Waals surface area contributed by atoms with E-state index < -0.39 is 0 Å². The second kappa shape index (κ2) is 4.63. The summed E-state index contributed by atoms with van der Waals surface area (Å²) < 4.78 is 5.59. The fourth-order valence-electron chi connectivity index (χ4n) is 1.57. The fourth-order valence-corrected chi connectivity index (χ4v) is 2.29. The lowest BCUT2D eigenvalue weighted by atomic mass is 10.3. The molecule has 0 spiro atoms. The molecule has 2 N–H and O–H groups in total. The third-order valence-electron chi connectivity index (χ3n) is 2.45. The number of benzene rings is 1. The predicted octanol–water partition coefficient (Wildman–Crippen LogP) is 2.83. The van der Waals surface area contributed by atoms with Crippen LogP contribution in [0.15, 0.2) is 51.1 Å². The van der Waals surface area contributed by atoms with Crippen molar-refractivity contribution in [2.24, 2.45) is 0 Å². The van der Waals surface area contributed by atoms with E-state index in [1.807, 2.05) is 6.07 Å². The van der Waals surface area contributed by atoms with Gasteiger partial charge in [-0.05, 0) is 42.1 Å². The zero-order valence-electron chi connectivity index (χ0n) is 9.70. The van der Waals surface area contributed by atoms with Gasteiger partial charge in [-0.25, -0.2) is 9.97 Å². The molecule has 6 heteroatoms. The van der Waals surface area contributed by atoms with E-state index >= 15 is 0 Å². The van der Waals surface area contributed by atoms with Crippen LogP contribution in [-0.4, -0.2) is 9.97 Å². The van der Waals surface area contributed by atoms with Crippen molar-refractivity contribution < 1.29 is 4.42 Å². The third kappa shape index (κ3) is 2.37. The van der Waals surface area contributed by atoms with Gasteiger partial charge in [0.1, 0.15) is 17.3 Å². The topological polar surface area (TPSA) is 88.7 Å². The number of nitriles is 1. The van der Waals surface area contributed by atoms with Crippen molar-refractivity contribution in [2.75, 3.05) is 5.73 Å². The maximum atomic E-state index is 8.68. The maximum absolute atomic E-state index is 8.68. The minimum Gasteiger partial charge on any atom is -0.431 e. The predicted molar refractivity (Wildman–Crippen MR) is 71.5 cm³/mol. The molecule has 3 aromatic rings. The highest BCUT2D eigenvalue weighted by molar-refractivity contribution is 7.99. The van der Waals surface area contributed by atoms with Crippen molar-refractivity contribution in [3.05, 3.63) is 42.2 Å². The van der Waals surface area contributed by atoms with E-state index in [0.29, 0.717) is 22.2 Å². The van der Waals surface area contributed by atoms with Gasteiger partial charge < -0.3 is 10.2 Å². The number of nitrogens with two attached hydrogens (primary N) is 1. The van der Waals surface area contributed by atoms with E-state index in [9.17, 15) is 0 Å². The van der Waals surface area contributed by atoms with E-state index in [1.54, 1.807) is 36.5 Å². The summed E-state index contributed by atoms with van der Waals surface area (Å²) in [7, 11) is 0. The molecule has 0 bridgehead atoms. The quantitative estimate of drug-likeness (QED) is 0.719. The van der Waals surface area contributed by atoms with E-state index in [1.165, 1.54) is 11.8 Å². The molecule has 0 unspecified atom stereocenters. The minimum atomic E-state index is 0.384. The number of hydrogen-bond acceptors (Lipinski definition) is 6. The van der Waals surface area contributed by atoms with Crippen molar-refractivity contribution in [3.63, 3.8) is 0 Å². The second-order valence-corrected chi connectivity index (χ2v) is 4.82. The molecule has 0 aliphatic heterocycles. The molecule has 5 nitrogen and oxygen atoms in total. The van der Waals surface area contributed by atoms with Crippen LogP contribution in [0.25, 0.3) is 11.1 Å². The van der Waals surface area contributed by atoms with E-state index in [-0.39, 0.29) is 0 Å². The zero-order valence-corrected chi connectivity index (χ0v) is 10.5. The van der Waals surface area contributed by atoms with Crippen molar-refractivity contribution in [1.82, 2.24) is 9.97 Å². The molecule has 92 valence electrons. The van der Waals surface area contributed by atoms with Crippen molar-refractivity contribution in [3.8, 4) is 6.07 Å². The molecular formula is C13H8N4OS. The van der Waals surface area contributed by atoms with Gasteiger partial charge in [-0.1, -0.05) is 0 Å². The lowest BCUT2D eigenvalue weighted by Gasteiger charge is -1.95. The van der Waals surface area contributed by atoms with Crippen LogP contribution < -0.4 is 5.73 Å². The normalized spacial score (nSPS) is 10.5. The number of fused-ring (bicyclic) bond motifs is 1. The Balaban J connectivity index is 1.90. The molecular weight excluding hydrogens is 260 g/mol. The summed E-state index contributed by atoms with van der Waals surface area (Å²) in [6.45, 7) is 0. The molecule has 0 saturated carbocycles. The number of pyridine rings is 1. The van der Waals surface area contributed by atoms with Crippen LogP contribution in [0, 0.1) is 11.3 Å². The smallest absolute Gasteiger partial charge is 0.261 e. The number of rotatable bonds is 2. The Labute approximate surface area is 113 Å². The first-order chi connectivity index (χ1) is 9.24. The first-order valence-electron chi connectivity index (χ1n) is 5.45. The minimum absolute atomic E-state index is 0.384. The lowest BCUT2D eigenvalue weighted by molar-refractivity contribution is 0.489. The molecule has 1 aromatic carbocycles. The number of anilines is 1. The van der Waals surface area contributed by atoms with Crippen LogP contribution in [0.4, 0.5) is 5.69 Å². The molecule has 3 rings (SSSR count). The number of hydrogen-bond donors (Lipinski definition) is 1. The SMILES string of the molecule is N#Cc1ccc(Sc2nc3cc(N)ccc3o2)cn1. The second-order valence-electron chi connectivity index (χ2n) is 3.80. The van der Waals surface area contributed by atoms with Gasteiger partial charge >= 0.3 is 0 Å². The Morgan fingerprint density at radius 3 is 2.89 bits per heavy atom. The Morgan fingerprint density at radius 1 is 1.26 bits per heavy atom. The first kappa shape index (κ1) is 11.6. The molecule has 0 aliphatic carbocycles. The molecule has 2 aromatic heterocycles. The molecule has 0 amide bonds. The highest BCUT2D eigenvalue weighted by atomic mass is 32.2. The van der Waals surface area contributed by atoms with E-state index in [2.05, 4.69) is 9.97 Å². The van der Waals surface area contributed by atoms with Crippen molar-refractivity contribution in [1.29, 1.82) is 5.26 Å². The van der Waals surface area contributed by atoms with Crippen molar-refractivity contribution in [2.45, 2.75) is 10.1 Å². The molecule has 2 heterocycles. The maximum Gasteiger partial charge on any atom is 0.261 e. The fraction of sp³-hybridized carbons (Fsp3) is 0. The number of nitrogens with zero attached hydrogens (tertiary/aromatic N) is 3. The summed E-state index contributed by atoms with van der Waals surface area (Å²) in [6.07, 6.45) is 1.62. The average molecular weight is 268 g/mol. The Kier molecular flexibility index (Phi) is 2.82. The lowest BCUT2D eigenvalue weighted by Crippen LogP contribution is -1.82. The summed E-state index contributed by atoms with van der Waals surface area (Å²) in [4.78, 5) is 9.18. The first-order valence-corrected chi connectivity index (χ1v) is 6.26. The summed E-state index contributed by atoms with van der Waals surface area (Å²) in [6, 6.07) is 10.8. The largest absolute Gasteiger partial charge is 0.431 e. The van der Waals surface area contributed by atoms with Gasteiger partial charge in [0.15, 0.2) is 5.58 Å². The van der Waals surface area contributed by atoms with Gasteiger partial charge in [0.2, 0.25) is 0 Å². The third-order valence-corrected chi connectivity index (χ3v) is 3.27. The van der Waals surface area contributed by atoms with Crippen LogP contribution >= 0.6 is 11.8 Å². The highest BCUT2D eigenvalue weighted by Gasteiger charge is 2.08. The summed E-state index contributed by atoms with van der Waals surface area (Å²) >= 11 is 1.35. The summed E-state index contributed by atoms with van der Waals surface area (Å²) in [5.74, 6) is 0. The highest BCUT2D eigenvalue weighted by Crippen LogP contribution is 2.29. The van der Waals surface area contributed by atoms with Crippen LogP contribution in [-0.2, 0) is 0 Å². The van der Waals surface area contributed by atoms with E-state index in [0.717, 1.165) is 10.4 Å². The van der Waals surface area contributed by atoms with Gasteiger partial charge in [-0.3, -0.25) is 0 Å². The average Bonchev–Trinajstić information content (AvgIpc) is 2.81. The van der Waals surface area contributed by atoms with Gasteiger partial charge in [-0.2, -0.15) is 5.26 Å². The standard InChI is InChI=1S/C13H8N4OS/c14-6-9-2-3-10(7-16-9)19-13-17-11-5-8(15)1-4-12(11)18-13/h1-5,7H,15H2. The van der Waals surface area contributed by atoms with Gasteiger partial charge in [0, 0.05) is 16.8 Å². The van der Waals surface area contributed by atoms with Crippen LogP contribution in [0.3, 0.4) is 0 Å². The Bertz CT molecular complexity index is 773. The molecule has 0 saturated heterocycles. The van der Waals surface area contributed by atoms with Crippen molar-refractivity contribution >= 4 is 28.5 Å². The molecule has 0 atom stereocenters. The molecule has 19 heavy (non-hydrogen) atoms. The van der Waals surface area contributed by atoms with E-state index in [4.69, 9.17) is 15.4 Å². The molecule has 0 aliphatic rings. The van der Waals surface area contributed by atoms with Crippen LogP contribution in [0.1, 0.15) is 5.69 Å². The van der Waals surface area contributed by atoms with Crippen LogP contribution in [0.2, 0.25) is 0 Å². The number of nitrogen functional groups attached to an aromatic ring is 1. The van der Waals surface area contributed by atoms with Gasteiger partial charge in [0.25, 0.3) is 5.22 Å². The summed E-state index contributed by atoms with van der Waals surface area (Å²) in [5, 5.41) is 9.20. The monoisotopic (exact) mass is 268 g/mol. The Hall–Kier alpha value is -2.52. The summed E-state index contributed by atoms with van der Waals surface area (Å²) in [5.41, 5.74) is 8.14. The van der Waals surface area contributed by atoms with Gasteiger partial charge in [0.05, 0.1) is 0 Å². The molecule has 0 fully saturated rings. The number of aromatic nitrogens is 2.